The number of nitrogens with one attached hydrogen (secondary N) is 1. The van der Waals surface area contributed by atoms with Crippen LogP contribution in [0.2, 0.25) is 5.02 Å². The second-order valence-electron chi connectivity index (χ2n) is 6.13. The molecule has 0 aliphatic heterocycles. The molecule has 1 N–H and O–H groups in total. The molecule has 134 valence electrons. The highest BCUT2D eigenvalue weighted by Crippen LogP contribution is 2.30. The summed E-state index contributed by atoms with van der Waals surface area (Å²) in [5.74, 6) is -0.125. The summed E-state index contributed by atoms with van der Waals surface area (Å²) >= 11 is 6.19. The first-order valence-electron chi connectivity index (χ1n) is 8.59. The van der Waals surface area contributed by atoms with Crippen molar-refractivity contribution in [3.05, 3.63) is 83.6 Å². The Kier molecular flexibility index (Phi) is 4.85. The molecule has 6 heteroatoms. The number of pyridine rings is 1. The van der Waals surface area contributed by atoms with Gasteiger partial charge in [-0.15, -0.1) is 0 Å². The second kappa shape index (κ2) is 7.60. The van der Waals surface area contributed by atoms with Crippen molar-refractivity contribution in [2.24, 2.45) is 0 Å². The minimum atomic E-state index is -0.125. The summed E-state index contributed by atoms with van der Waals surface area (Å²) in [6.45, 7) is 0.508. The summed E-state index contributed by atoms with van der Waals surface area (Å²) in [6, 6.07) is 21.1. The third kappa shape index (κ3) is 3.83. The van der Waals surface area contributed by atoms with Crippen LogP contribution < -0.4 is 5.32 Å². The molecular formula is C21H17ClN4O. The van der Waals surface area contributed by atoms with E-state index in [0.717, 1.165) is 27.9 Å². The van der Waals surface area contributed by atoms with E-state index in [0.29, 0.717) is 11.6 Å². The number of halogens is 1. The Morgan fingerprint density at radius 1 is 1.04 bits per heavy atom. The molecular weight excluding hydrogens is 360 g/mol. The van der Waals surface area contributed by atoms with Crippen LogP contribution in [0.4, 0.5) is 0 Å². The number of aromatic nitrogens is 3. The van der Waals surface area contributed by atoms with E-state index in [2.05, 4.69) is 15.4 Å². The summed E-state index contributed by atoms with van der Waals surface area (Å²) in [4.78, 5) is 16.6. The molecule has 4 rings (SSSR count). The predicted molar refractivity (Wildman–Crippen MR) is 106 cm³/mol. The molecule has 2 aromatic carbocycles. The van der Waals surface area contributed by atoms with Gasteiger partial charge in [0, 0.05) is 22.2 Å². The van der Waals surface area contributed by atoms with Gasteiger partial charge in [0.25, 0.3) is 0 Å². The molecule has 2 aromatic heterocycles. The van der Waals surface area contributed by atoms with E-state index >= 15 is 0 Å². The van der Waals surface area contributed by atoms with E-state index in [4.69, 9.17) is 11.6 Å². The van der Waals surface area contributed by atoms with Gasteiger partial charge in [0.1, 0.15) is 12.2 Å². The number of amides is 1. The Hall–Kier alpha value is -3.18. The van der Waals surface area contributed by atoms with Crippen molar-refractivity contribution in [3.8, 4) is 11.3 Å². The molecule has 0 fully saturated rings. The molecule has 0 bridgehead atoms. The summed E-state index contributed by atoms with van der Waals surface area (Å²) < 4.78 is 1.71. The Balaban J connectivity index is 1.61. The number of benzene rings is 2. The number of nitrogens with zero attached hydrogens (tertiary/aromatic N) is 3. The maximum Gasteiger partial charge on any atom is 0.242 e. The molecule has 5 nitrogen and oxygen atoms in total. The van der Waals surface area contributed by atoms with Crippen LogP contribution in [0.15, 0.2) is 72.9 Å². The van der Waals surface area contributed by atoms with E-state index < -0.39 is 0 Å². The second-order valence-corrected chi connectivity index (χ2v) is 6.57. The fraction of sp³-hybridized carbons (Fsp3) is 0.0952. The van der Waals surface area contributed by atoms with Gasteiger partial charge in [0.2, 0.25) is 5.91 Å². The summed E-state index contributed by atoms with van der Waals surface area (Å²) in [5.41, 5.74) is 3.47. The van der Waals surface area contributed by atoms with Crippen LogP contribution >= 0.6 is 11.6 Å². The maximum atomic E-state index is 12.4. The number of hydrogen-bond acceptors (Lipinski definition) is 3. The van der Waals surface area contributed by atoms with Gasteiger partial charge in [-0.2, -0.15) is 5.10 Å². The highest BCUT2D eigenvalue weighted by atomic mass is 35.5. The lowest BCUT2D eigenvalue weighted by atomic mass is 10.1. The Morgan fingerprint density at radius 2 is 1.85 bits per heavy atom. The third-order valence-corrected chi connectivity index (χ3v) is 4.48. The SMILES string of the molecule is O=C(Cn1nc(-c2ccccc2)c2cc(Cl)ccc21)NCc1ccccn1. The number of rotatable bonds is 5. The van der Waals surface area contributed by atoms with E-state index in [1.165, 1.54) is 0 Å². The molecule has 0 aliphatic rings. The van der Waals surface area contributed by atoms with Crippen molar-refractivity contribution in [2.45, 2.75) is 13.1 Å². The topological polar surface area (TPSA) is 59.8 Å². The largest absolute Gasteiger partial charge is 0.349 e. The Bertz CT molecular complexity index is 1080. The molecule has 0 saturated heterocycles. The summed E-state index contributed by atoms with van der Waals surface area (Å²) in [5, 5.41) is 9.12. The standard InChI is InChI=1S/C21H17ClN4O/c22-16-9-10-19-18(12-16)21(15-6-2-1-3-7-15)25-26(19)14-20(27)24-13-17-8-4-5-11-23-17/h1-12H,13-14H2,(H,24,27). The predicted octanol–water partition coefficient (Wildman–Crippen LogP) is 4.07. The van der Waals surface area contributed by atoms with Crippen molar-refractivity contribution < 1.29 is 4.79 Å². The van der Waals surface area contributed by atoms with E-state index in [1.54, 1.807) is 10.9 Å². The van der Waals surface area contributed by atoms with Gasteiger partial charge in [0.05, 0.1) is 17.8 Å². The first-order chi connectivity index (χ1) is 13.2. The van der Waals surface area contributed by atoms with E-state index in [1.807, 2.05) is 66.7 Å². The number of carbonyl (C=O) groups is 1. The van der Waals surface area contributed by atoms with Crippen LogP contribution in [-0.4, -0.2) is 20.7 Å². The zero-order valence-electron chi connectivity index (χ0n) is 14.5. The molecule has 0 aliphatic carbocycles. The molecule has 1 amide bonds. The van der Waals surface area contributed by atoms with Gasteiger partial charge < -0.3 is 5.32 Å². The van der Waals surface area contributed by atoms with Crippen LogP contribution in [-0.2, 0) is 17.9 Å². The van der Waals surface area contributed by atoms with Crippen LogP contribution in [0.25, 0.3) is 22.2 Å². The lowest BCUT2D eigenvalue weighted by Gasteiger charge is -2.06. The molecule has 0 radical (unpaired) electrons. The molecule has 0 atom stereocenters. The van der Waals surface area contributed by atoms with Crippen molar-refractivity contribution >= 4 is 28.4 Å². The first-order valence-corrected chi connectivity index (χ1v) is 8.96. The van der Waals surface area contributed by atoms with Gasteiger partial charge in [-0.05, 0) is 30.3 Å². The molecule has 0 saturated carbocycles. The van der Waals surface area contributed by atoms with Crippen molar-refractivity contribution in [1.29, 1.82) is 0 Å². The molecule has 0 unspecified atom stereocenters. The Morgan fingerprint density at radius 3 is 2.63 bits per heavy atom. The van der Waals surface area contributed by atoms with Crippen LogP contribution in [0.3, 0.4) is 0 Å². The van der Waals surface area contributed by atoms with Crippen LogP contribution in [0.1, 0.15) is 5.69 Å². The highest BCUT2D eigenvalue weighted by Gasteiger charge is 2.15. The normalized spacial score (nSPS) is 10.9. The first kappa shape index (κ1) is 17.2. The highest BCUT2D eigenvalue weighted by molar-refractivity contribution is 6.31. The van der Waals surface area contributed by atoms with E-state index in [-0.39, 0.29) is 12.5 Å². The van der Waals surface area contributed by atoms with Crippen LogP contribution in [0.5, 0.6) is 0 Å². The number of fused-ring (bicyclic) bond motifs is 1. The van der Waals surface area contributed by atoms with Crippen molar-refractivity contribution in [1.82, 2.24) is 20.1 Å². The average molecular weight is 377 g/mol. The van der Waals surface area contributed by atoms with Gasteiger partial charge in [0.15, 0.2) is 0 Å². The smallest absolute Gasteiger partial charge is 0.242 e. The fourth-order valence-corrected chi connectivity index (χ4v) is 3.14. The lowest BCUT2D eigenvalue weighted by molar-refractivity contribution is -0.121. The third-order valence-electron chi connectivity index (χ3n) is 4.25. The van der Waals surface area contributed by atoms with Crippen molar-refractivity contribution in [3.63, 3.8) is 0 Å². The molecule has 27 heavy (non-hydrogen) atoms. The minimum absolute atomic E-state index is 0.123. The fourth-order valence-electron chi connectivity index (χ4n) is 2.97. The lowest BCUT2D eigenvalue weighted by Crippen LogP contribution is -2.27. The molecule has 4 aromatic rings. The number of hydrogen-bond donors (Lipinski definition) is 1. The molecule has 0 spiro atoms. The maximum absolute atomic E-state index is 12.4. The van der Waals surface area contributed by atoms with Crippen molar-refractivity contribution in [2.75, 3.05) is 0 Å². The Labute approximate surface area is 161 Å². The zero-order valence-corrected chi connectivity index (χ0v) is 15.2. The average Bonchev–Trinajstić information content (AvgIpc) is 3.05. The van der Waals surface area contributed by atoms with Gasteiger partial charge >= 0.3 is 0 Å². The monoisotopic (exact) mass is 376 g/mol. The van der Waals surface area contributed by atoms with Crippen LogP contribution in [0, 0.1) is 0 Å². The molecule has 2 heterocycles. The summed E-state index contributed by atoms with van der Waals surface area (Å²) in [7, 11) is 0. The zero-order chi connectivity index (χ0) is 18.6. The van der Waals surface area contributed by atoms with E-state index in [9.17, 15) is 4.79 Å². The summed E-state index contributed by atoms with van der Waals surface area (Å²) in [6.07, 6.45) is 1.71. The minimum Gasteiger partial charge on any atom is -0.349 e. The van der Waals surface area contributed by atoms with Gasteiger partial charge in [-0.1, -0.05) is 48.0 Å². The van der Waals surface area contributed by atoms with Gasteiger partial charge in [-0.3, -0.25) is 14.5 Å². The number of carbonyl (C=O) groups excluding carboxylic acids is 1. The quantitative estimate of drug-likeness (QED) is 0.571. The van der Waals surface area contributed by atoms with Gasteiger partial charge in [-0.25, -0.2) is 0 Å².